The molecule has 0 aliphatic rings. The van der Waals surface area contributed by atoms with Gasteiger partial charge in [-0.1, -0.05) is 91.0 Å². The third-order valence-electron chi connectivity index (χ3n) is 7.30. The Morgan fingerprint density at radius 3 is 0.860 bits per heavy atom. The quantitative estimate of drug-likeness (QED) is 0.0968. The molecule has 0 bridgehead atoms. The second-order valence-corrected chi connectivity index (χ2v) is 10.8. The molecule has 3 atom stereocenters. The van der Waals surface area contributed by atoms with Gasteiger partial charge < -0.3 is 23.7 Å². The number of hydrogen-bond acceptors (Lipinski definition) is 10. The van der Waals surface area contributed by atoms with Gasteiger partial charge in [-0.15, -0.1) is 0 Å². The summed E-state index contributed by atoms with van der Waals surface area (Å²) in [6, 6.07) is 40.1. The molecule has 50 heavy (non-hydrogen) atoms. The second kappa shape index (κ2) is 17.6. The molecule has 0 saturated carbocycles. The summed E-state index contributed by atoms with van der Waals surface area (Å²) in [5.74, 6) is -4.08. The van der Waals surface area contributed by atoms with E-state index >= 15 is 0 Å². The smallest absolute Gasteiger partial charge is 0.338 e. The average molecular weight is 673 g/mol. The van der Waals surface area contributed by atoms with Gasteiger partial charge in [0.1, 0.15) is 13.2 Å². The van der Waals surface area contributed by atoms with E-state index in [4.69, 9.17) is 23.7 Å². The third kappa shape index (κ3) is 9.74. The summed E-state index contributed by atoms with van der Waals surface area (Å²) in [6.07, 6.45) is -4.78. The molecule has 10 heteroatoms. The zero-order valence-electron chi connectivity index (χ0n) is 26.7. The molecule has 0 heterocycles. The number of carbonyl (C=O) groups is 5. The molecule has 0 aliphatic carbocycles. The summed E-state index contributed by atoms with van der Waals surface area (Å²) in [5, 5.41) is 0. The van der Waals surface area contributed by atoms with Crippen LogP contribution in [0.4, 0.5) is 0 Å². The first kappa shape index (κ1) is 34.8. The molecule has 5 aromatic rings. The third-order valence-corrected chi connectivity index (χ3v) is 7.30. The normalized spacial score (nSPS) is 12.3. The first-order valence-corrected chi connectivity index (χ1v) is 15.6. The van der Waals surface area contributed by atoms with E-state index in [1.54, 1.807) is 91.0 Å². The summed E-state index contributed by atoms with van der Waals surface area (Å²) in [4.78, 5) is 66.6. The first-order valence-electron chi connectivity index (χ1n) is 15.6. The second-order valence-electron chi connectivity index (χ2n) is 10.8. The summed E-state index contributed by atoms with van der Waals surface area (Å²) in [6.45, 7) is -1.27. The molecule has 5 aromatic carbocycles. The van der Waals surface area contributed by atoms with Gasteiger partial charge in [-0.2, -0.15) is 0 Å². The molecule has 0 aromatic heterocycles. The molecule has 252 valence electrons. The monoisotopic (exact) mass is 672 g/mol. The zero-order valence-corrected chi connectivity index (χ0v) is 26.7. The lowest BCUT2D eigenvalue weighted by Gasteiger charge is -2.32. The lowest BCUT2D eigenvalue weighted by atomic mass is 10.1. The zero-order chi connectivity index (χ0) is 35.1. The highest BCUT2D eigenvalue weighted by atomic mass is 16.6. The van der Waals surface area contributed by atoms with Crippen molar-refractivity contribution in [2.45, 2.75) is 18.3 Å². The van der Waals surface area contributed by atoms with Crippen LogP contribution in [0.2, 0.25) is 0 Å². The molecule has 0 aliphatic heterocycles. The molecule has 1 unspecified atom stereocenters. The van der Waals surface area contributed by atoms with Crippen LogP contribution in [-0.2, 0) is 23.7 Å². The molecule has 0 amide bonds. The number of rotatable bonds is 14. The molecule has 0 radical (unpaired) electrons. The van der Waals surface area contributed by atoms with E-state index in [2.05, 4.69) is 0 Å². The molecule has 0 fully saturated rings. The number of carbonyl (C=O) groups excluding carboxylic acids is 5. The van der Waals surface area contributed by atoms with Crippen LogP contribution in [0.1, 0.15) is 51.8 Å². The van der Waals surface area contributed by atoms with Crippen molar-refractivity contribution in [2.75, 3.05) is 13.2 Å². The maximum Gasteiger partial charge on any atom is 0.338 e. The van der Waals surface area contributed by atoms with Crippen LogP contribution in [0.3, 0.4) is 0 Å². The van der Waals surface area contributed by atoms with Gasteiger partial charge in [0.25, 0.3) is 0 Å². The Balaban J connectivity index is 1.53. The molecular formula is C40H32O10. The molecular weight excluding hydrogens is 640 g/mol. The van der Waals surface area contributed by atoms with Gasteiger partial charge in [-0.3, -0.25) is 0 Å². The Morgan fingerprint density at radius 2 is 0.580 bits per heavy atom. The van der Waals surface area contributed by atoms with Crippen molar-refractivity contribution >= 4 is 29.8 Å². The van der Waals surface area contributed by atoms with Gasteiger partial charge in [-0.05, 0) is 60.7 Å². The number of esters is 5. The van der Waals surface area contributed by atoms with E-state index in [9.17, 15) is 24.0 Å². The average Bonchev–Trinajstić information content (AvgIpc) is 3.18. The molecule has 10 nitrogen and oxygen atoms in total. The van der Waals surface area contributed by atoms with Gasteiger partial charge in [0.2, 0.25) is 0 Å². The number of ether oxygens (including phenoxy) is 5. The van der Waals surface area contributed by atoms with Gasteiger partial charge in [0, 0.05) is 0 Å². The molecule has 0 saturated heterocycles. The Morgan fingerprint density at radius 1 is 0.340 bits per heavy atom. The Labute approximate surface area is 288 Å². The Bertz CT molecular complexity index is 1750. The maximum absolute atomic E-state index is 13.6. The maximum atomic E-state index is 13.6. The highest BCUT2D eigenvalue weighted by Crippen LogP contribution is 2.21. The highest BCUT2D eigenvalue weighted by Gasteiger charge is 2.41. The van der Waals surface area contributed by atoms with E-state index in [1.807, 2.05) is 0 Å². The minimum atomic E-state index is -1.66. The van der Waals surface area contributed by atoms with Crippen molar-refractivity contribution in [1.29, 1.82) is 0 Å². The van der Waals surface area contributed by atoms with Gasteiger partial charge in [-0.25, -0.2) is 24.0 Å². The predicted octanol–water partition coefficient (Wildman–Crippen LogP) is 6.38. The van der Waals surface area contributed by atoms with Crippen LogP contribution in [0, 0.1) is 0 Å². The van der Waals surface area contributed by atoms with Gasteiger partial charge in [0.05, 0.1) is 27.8 Å². The van der Waals surface area contributed by atoms with Crippen molar-refractivity contribution in [3.05, 3.63) is 179 Å². The van der Waals surface area contributed by atoms with Crippen LogP contribution >= 0.6 is 0 Å². The lowest BCUT2D eigenvalue weighted by molar-refractivity contribution is -0.112. The van der Waals surface area contributed by atoms with E-state index in [1.165, 1.54) is 60.7 Å². The van der Waals surface area contributed by atoms with Crippen LogP contribution in [-0.4, -0.2) is 61.4 Å². The summed E-state index contributed by atoms with van der Waals surface area (Å²) in [7, 11) is 0. The minimum Gasteiger partial charge on any atom is -0.458 e. The molecule has 0 N–H and O–H groups in total. The van der Waals surface area contributed by atoms with Crippen molar-refractivity contribution in [1.82, 2.24) is 0 Å². The summed E-state index contributed by atoms with van der Waals surface area (Å²) < 4.78 is 28.8. The summed E-state index contributed by atoms with van der Waals surface area (Å²) in [5.41, 5.74) is 0.840. The fraction of sp³-hybridized carbons (Fsp3) is 0.125. The van der Waals surface area contributed by atoms with E-state index in [0.717, 1.165) is 0 Å². The molecule has 0 spiro atoms. The lowest BCUT2D eigenvalue weighted by Crippen LogP contribution is -2.50. The molecule has 5 rings (SSSR count). The largest absolute Gasteiger partial charge is 0.458 e. The fourth-order valence-electron chi connectivity index (χ4n) is 4.74. The number of hydrogen-bond donors (Lipinski definition) is 0. The highest BCUT2D eigenvalue weighted by molar-refractivity contribution is 5.92. The Kier molecular flexibility index (Phi) is 12.2. The van der Waals surface area contributed by atoms with Crippen molar-refractivity contribution in [3.8, 4) is 0 Å². The summed E-state index contributed by atoms with van der Waals surface area (Å²) >= 11 is 0. The van der Waals surface area contributed by atoms with E-state index in [0.29, 0.717) is 0 Å². The number of benzene rings is 5. The minimum absolute atomic E-state index is 0.126. The van der Waals surface area contributed by atoms with Crippen LogP contribution in [0.25, 0.3) is 0 Å². The first-order chi connectivity index (χ1) is 24.4. The van der Waals surface area contributed by atoms with Crippen LogP contribution < -0.4 is 0 Å². The Hall–Kier alpha value is -6.55. The van der Waals surface area contributed by atoms with Gasteiger partial charge >= 0.3 is 29.8 Å². The van der Waals surface area contributed by atoms with E-state index in [-0.39, 0.29) is 27.8 Å². The van der Waals surface area contributed by atoms with Crippen LogP contribution in [0.15, 0.2) is 152 Å². The standard InChI is InChI=1S/C40H32O10/c41-36(28-16-6-1-7-17-28)46-26-33(48-38(43)30-20-10-3-11-21-30)35(50-40(45)32-24-14-5-15-25-32)34(49-39(44)31-22-12-4-13-23-31)27-47-37(42)29-18-8-2-9-19-29/h1-25,33-35H,26-27H2/t33-,34+,35?. The predicted molar refractivity (Wildman–Crippen MR) is 180 cm³/mol. The SMILES string of the molecule is O=C(OC[C@H](OC(=O)c1ccccc1)C(OC(=O)c1ccccc1)[C@@H](COC(=O)c1ccccc1)OC(=O)c1ccccc1)c1ccccc1. The van der Waals surface area contributed by atoms with Crippen molar-refractivity contribution in [2.24, 2.45) is 0 Å². The van der Waals surface area contributed by atoms with E-state index < -0.39 is 61.4 Å². The fourth-order valence-corrected chi connectivity index (χ4v) is 4.74. The van der Waals surface area contributed by atoms with Crippen molar-refractivity contribution < 1.29 is 47.7 Å². The topological polar surface area (TPSA) is 132 Å². The van der Waals surface area contributed by atoms with Gasteiger partial charge in [0.15, 0.2) is 18.3 Å². The van der Waals surface area contributed by atoms with Crippen molar-refractivity contribution in [3.63, 3.8) is 0 Å². The van der Waals surface area contributed by atoms with Crippen LogP contribution in [0.5, 0.6) is 0 Å².